The smallest absolute Gasteiger partial charge is 0.241 e. The highest BCUT2D eigenvalue weighted by Crippen LogP contribution is 2.25. The van der Waals surface area contributed by atoms with E-state index in [0.29, 0.717) is 12.5 Å². The fourth-order valence-corrected chi connectivity index (χ4v) is 3.58. The number of guanidine groups is 1. The summed E-state index contributed by atoms with van der Waals surface area (Å²) in [6.07, 6.45) is 0. The summed E-state index contributed by atoms with van der Waals surface area (Å²) in [5.74, 6) is 0.603. The van der Waals surface area contributed by atoms with Crippen molar-refractivity contribution in [1.82, 2.24) is 20.9 Å². The summed E-state index contributed by atoms with van der Waals surface area (Å²) >= 11 is 1.77. The highest BCUT2D eigenvalue weighted by molar-refractivity contribution is 7.10. The molecule has 3 N–H and O–H groups in total. The molecule has 0 radical (unpaired) electrons. The third-order valence-corrected chi connectivity index (χ3v) is 4.89. The molecule has 0 aliphatic carbocycles. The second-order valence-electron chi connectivity index (χ2n) is 5.71. The second kappa shape index (κ2) is 11.1. The maximum Gasteiger partial charge on any atom is 0.241 e. The van der Waals surface area contributed by atoms with Gasteiger partial charge in [0.1, 0.15) is 6.54 Å². The summed E-state index contributed by atoms with van der Waals surface area (Å²) in [6, 6.07) is 4.53. The van der Waals surface area contributed by atoms with Crippen molar-refractivity contribution in [2.24, 2.45) is 4.99 Å². The van der Waals surface area contributed by atoms with E-state index < -0.39 is 0 Å². The van der Waals surface area contributed by atoms with Crippen molar-refractivity contribution in [3.8, 4) is 0 Å². The number of nitrogens with zero attached hydrogens (tertiary/aromatic N) is 2. The Balaban J connectivity index is 1.98. The van der Waals surface area contributed by atoms with Crippen molar-refractivity contribution >= 4 is 23.2 Å². The first-order chi connectivity index (χ1) is 12.2. The van der Waals surface area contributed by atoms with Crippen LogP contribution in [0.15, 0.2) is 22.5 Å². The fourth-order valence-electron chi connectivity index (χ4n) is 2.72. The molecule has 1 unspecified atom stereocenters. The van der Waals surface area contributed by atoms with Crippen LogP contribution in [0.3, 0.4) is 0 Å². The van der Waals surface area contributed by atoms with Crippen molar-refractivity contribution in [3.05, 3.63) is 22.4 Å². The molecule has 1 aliphatic rings. The normalized spacial score (nSPS) is 17.1. The molecular formula is C17H29N5O2S. The molecule has 1 aromatic rings. The molecule has 7 nitrogen and oxygen atoms in total. The summed E-state index contributed by atoms with van der Waals surface area (Å²) in [7, 11) is 0. The number of nitrogens with one attached hydrogen (secondary N) is 3. The number of amides is 1. The van der Waals surface area contributed by atoms with Crippen molar-refractivity contribution in [2.75, 3.05) is 52.5 Å². The summed E-state index contributed by atoms with van der Waals surface area (Å²) in [5.41, 5.74) is 0. The van der Waals surface area contributed by atoms with Crippen molar-refractivity contribution < 1.29 is 9.53 Å². The quantitative estimate of drug-likeness (QED) is 0.468. The SMILES string of the molecule is CCNC(=O)CN=C(NCC)NCC(c1cccs1)N1CCOCC1. The summed E-state index contributed by atoms with van der Waals surface area (Å²) in [4.78, 5) is 19.8. The van der Waals surface area contributed by atoms with Gasteiger partial charge in [0.25, 0.3) is 0 Å². The molecule has 1 atom stereocenters. The van der Waals surface area contributed by atoms with E-state index in [1.54, 1.807) is 11.3 Å². The minimum atomic E-state index is -0.0670. The Kier molecular flexibility index (Phi) is 8.71. The van der Waals surface area contributed by atoms with Crippen LogP contribution in [0.2, 0.25) is 0 Å². The molecule has 1 aliphatic heterocycles. The minimum Gasteiger partial charge on any atom is -0.379 e. The molecule has 1 amide bonds. The third-order valence-electron chi connectivity index (χ3n) is 3.92. The number of ether oxygens (including phenoxy) is 1. The molecule has 0 spiro atoms. The lowest BCUT2D eigenvalue weighted by Gasteiger charge is -2.34. The van der Waals surface area contributed by atoms with E-state index in [4.69, 9.17) is 4.74 Å². The van der Waals surface area contributed by atoms with Crippen LogP contribution in [-0.2, 0) is 9.53 Å². The maximum atomic E-state index is 11.6. The Morgan fingerprint density at radius 1 is 1.28 bits per heavy atom. The summed E-state index contributed by atoms with van der Waals surface area (Å²) in [6.45, 7) is 9.56. The number of carbonyl (C=O) groups is 1. The molecule has 140 valence electrons. The van der Waals surface area contributed by atoms with E-state index in [1.807, 2.05) is 13.8 Å². The molecule has 1 aromatic heterocycles. The van der Waals surface area contributed by atoms with E-state index in [0.717, 1.165) is 39.4 Å². The summed E-state index contributed by atoms with van der Waals surface area (Å²) < 4.78 is 5.48. The number of thiophene rings is 1. The van der Waals surface area contributed by atoms with E-state index in [2.05, 4.69) is 43.4 Å². The van der Waals surface area contributed by atoms with Crippen LogP contribution in [-0.4, -0.2) is 69.2 Å². The Morgan fingerprint density at radius 3 is 2.68 bits per heavy atom. The predicted octanol–water partition coefficient (Wildman–Crippen LogP) is 0.813. The van der Waals surface area contributed by atoms with Gasteiger partial charge < -0.3 is 20.7 Å². The van der Waals surface area contributed by atoms with Crippen molar-refractivity contribution in [2.45, 2.75) is 19.9 Å². The van der Waals surface area contributed by atoms with Gasteiger partial charge in [-0.25, -0.2) is 4.99 Å². The molecule has 2 rings (SSSR count). The molecule has 25 heavy (non-hydrogen) atoms. The Hall–Kier alpha value is -1.64. The minimum absolute atomic E-state index is 0.0670. The fraction of sp³-hybridized carbons (Fsp3) is 0.647. The molecule has 0 bridgehead atoms. The lowest BCUT2D eigenvalue weighted by atomic mass is 10.2. The summed E-state index contributed by atoms with van der Waals surface area (Å²) in [5, 5.41) is 11.5. The monoisotopic (exact) mass is 367 g/mol. The number of likely N-dealkylation sites (N-methyl/N-ethyl adjacent to an activating group) is 1. The van der Waals surface area contributed by atoms with Gasteiger partial charge in [-0.05, 0) is 25.3 Å². The van der Waals surface area contributed by atoms with Gasteiger partial charge in [0.05, 0.1) is 19.3 Å². The zero-order valence-corrected chi connectivity index (χ0v) is 15.9. The number of hydrogen-bond acceptors (Lipinski definition) is 5. The number of morpholine rings is 1. The largest absolute Gasteiger partial charge is 0.379 e. The van der Waals surface area contributed by atoms with E-state index in [9.17, 15) is 4.79 Å². The Labute approximate surface area is 153 Å². The number of aliphatic imine (C=N–C) groups is 1. The molecular weight excluding hydrogens is 338 g/mol. The average Bonchev–Trinajstić information content (AvgIpc) is 3.15. The molecule has 1 saturated heterocycles. The van der Waals surface area contributed by atoms with Crippen LogP contribution >= 0.6 is 11.3 Å². The van der Waals surface area contributed by atoms with Gasteiger partial charge in [0.2, 0.25) is 5.91 Å². The van der Waals surface area contributed by atoms with Crippen LogP contribution in [0, 0.1) is 0 Å². The standard InChI is InChI=1S/C17H29N5O2S/c1-3-18-16(23)13-21-17(19-4-2)20-12-14(15-6-5-11-25-15)22-7-9-24-10-8-22/h5-6,11,14H,3-4,7-10,12-13H2,1-2H3,(H,18,23)(H2,19,20,21). The van der Waals surface area contributed by atoms with Gasteiger partial charge in [-0.2, -0.15) is 0 Å². The molecule has 0 saturated carbocycles. The highest BCUT2D eigenvalue weighted by atomic mass is 32.1. The van der Waals surface area contributed by atoms with Crippen molar-refractivity contribution in [1.29, 1.82) is 0 Å². The van der Waals surface area contributed by atoms with Crippen LogP contribution in [0.4, 0.5) is 0 Å². The molecule has 1 fully saturated rings. The van der Waals surface area contributed by atoms with E-state index in [-0.39, 0.29) is 18.5 Å². The number of hydrogen-bond donors (Lipinski definition) is 3. The van der Waals surface area contributed by atoms with E-state index in [1.165, 1.54) is 4.88 Å². The van der Waals surface area contributed by atoms with Crippen LogP contribution in [0.25, 0.3) is 0 Å². The lowest BCUT2D eigenvalue weighted by molar-refractivity contribution is -0.119. The van der Waals surface area contributed by atoms with Gasteiger partial charge in [0.15, 0.2) is 5.96 Å². The zero-order chi connectivity index (χ0) is 17.9. The van der Waals surface area contributed by atoms with Gasteiger partial charge in [-0.15, -0.1) is 11.3 Å². The zero-order valence-electron chi connectivity index (χ0n) is 15.1. The first kappa shape index (κ1) is 19.7. The number of rotatable bonds is 8. The highest BCUT2D eigenvalue weighted by Gasteiger charge is 2.23. The molecule has 2 heterocycles. The third kappa shape index (κ3) is 6.64. The average molecular weight is 368 g/mol. The van der Waals surface area contributed by atoms with Crippen molar-refractivity contribution in [3.63, 3.8) is 0 Å². The Bertz CT molecular complexity index is 529. The van der Waals surface area contributed by atoms with Crippen LogP contribution in [0.5, 0.6) is 0 Å². The van der Waals surface area contributed by atoms with Gasteiger partial charge in [0, 0.05) is 37.6 Å². The maximum absolute atomic E-state index is 11.6. The van der Waals surface area contributed by atoms with Gasteiger partial charge in [-0.3, -0.25) is 9.69 Å². The van der Waals surface area contributed by atoms with Crippen LogP contribution < -0.4 is 16.0 Å². The first-order valence-corrected chi connectivity index (χ1v) is 9.76. The van der Waals surface area contributed by atoms with Gasteiger partial charge in [-0.1, -0.05) is 6.07 Å². The van der Waals surface area contributed by atoms with E-state index >= 15 is 0 Å². The molecule has 0 aromatic carbocycles. The van der Waals surface area contributed by atoms with Gasteiger partial charge >= 0.3 is 0 Å². The topological polar surface area (TPSA) is 78.0 Å². The second-order valence-corrected chi connectivity index (χ2v) is 6.69. The number of carbonyl (C=O) groups excluding carboxylic acids is 1. The Morgan fingerprint density at radius 2 is 2.04 bits per heavy atom. The molecule has 8 heteroatoms. The van der Waals surface area contributed by atoms with Crippen LogP contribution in [0.1, 0.15) is 24.8 Å². The predicted molar refractivity (Wildman–Crippen MR) is 102 cm³/mol. The first-order valence-electron chi connectivity index (χ1n) is 8.88. The lowest BCUT2D eigenvalue weighted by Crippen LogP contribution is -2.46.